The van der Waals surface area contributed by atoms with Gasteiger partial charge in [0.25, 0.3) is 5.91 Å². The first-order chi connectivity index (χ1) is 8.45. The Morgan fingerprint density at radius 2 is 2.11 bits per heavy atom. The molecule has 0 radical (unpaired) electrons. The Morgan fingerprint density at radius 1 is 1.44 bits per heavy atom. The van der Waals surface area contributed by atoms with Gasteiger partial charge < -0.3 is 14.6 Å². The second kappa shape index (κ2) is 6.23. The number of hydrogen-bond acceptors (Lipinski definition) is 3. The van der Waals surface area contributed by atoms with Gasteiger partial charge in [0, 0.05) is 12.6 Å². The molecule has 1 aromatic heterocycles. The van der Waals surface area contributed by atoms with E-state index in [1.165, 1.54) is 11.2 Å². The smallest absolute Gasteiger partial charge is 0.257 e. The molecule has 0 unspecified atom stereocenters. The Hall–Kier alpha value is -1.78. The molecule has 5 nitrogen and oxygen atoms in total. The number of nitrogens with one attached hydrogen (secondary N) is 1. The van der Waals surface area contributed by atoms with Gasteiger partial charge in [0.05, 0.1) is 18.4 Å². The highest BCUT2D eigenvalue weighted by atomic mass is 16.3. The maximum Gasteiger partial charge on any atom is 0.257 e. The van der Waals surface area contributed by atoms with E-state index in [1.54, 1.807) is 13.0 Å². The van der Waals surface area contributed by atoms with Gasteiger partial charge in [-0.2, -0.15) is 0 Å². The zero-order chi connectivity index (χ0) is 13.7. The molecule has 0 bridgehead atoms. The van der Waals surface area contributed by atoms with E-state index in [9.17, 15) is 9.59 Å². The number of likely N-dealkylation sites (N-methyl/N-ethyl adjacent to an activating group) is 1. The topological polar surface area (TPSA) is 62.6 Å². The third kappa shape index (κ3) is 3.61. The molecule has 0 fully saturated rings. The molecule has 1 aromatic rings. The molecule has 1 N–H and O–H groups in total. The predicted molar refractivity (Wildman–Crippen MR) is 68.3 cm³/mol. The highest BCUT2D eigenvalue weighted by molar-refractivity contribution is 5.97. The Morgan fingerprint density at radius 3 is 2.56 bits per heavy atom. The molecule has 1 heterocycles. The van der Waals surface area contributed by atoms with E-state index in [0.717, 1.165) is 0 Å². The third-order valence-electron chi connectivity index (χ3n) is 2.54. The second-order valence-corrected chi connectivity index (χ2v) is 4.43. The average Bonchev–Trinajstić information content (AvgIpc) is 2.70. The number of nitrogens with zero attached hydrogens (tertiary/aromatic N) is 1. The monoisotopic (exact) mass is 252 g/mol. The van der Waals surface area contributed by atoms with Crippen LogP contribution < -0.4 is 5.32 Å². The summed E-state index contributed by atoms with van der Waals surface area (Å²) in [6.45, 7) is 7.89. The third-order valence-corrected chi connectivity index (χ3v) is 2.54. The summed E-state index contributed by atoms with van der Waals surface area (Å²) >= 11 is 0. The summed E-state index contributed by atoms with van der Waals surface area (Å²) in [5.41, 5.74) is 0.509. The summed E-state index contributed by atoms with van der Waals surface area (Å²) in [5.74, 6) is 0.242. The van der Waals surface area contributed by atoms with Crippen molar-refractivity contribution in [2.75, 3.05) is 13.1 Å². The summed E-state index contributed by atoms with van der Waals surface area (Å²) in [6, 6.07) is 1.70. The van der Waals surface area contributed by atoms with Crippen molar-refractivity contribution in [2.24, 2.45) is 0 Å². The lowest BCUT2D eigenvalue weighted by Crippen LogP contribution is -2.42. The van der Waals surface area contributed by atoms with Gasteiger partial charge in [-0.1, -0.05) is 0 Å². The Balaban J connectivity index is 2.70. The van der Waals surface area contributed by atoms with Gasteiger partial charge >= 0.3 is 0 Å². The van der Waals surface area contributed by atoms with Gasteiger partial charge in [0.2, 0.25) is 5.91 Å². The number of aryl methyl sites for hydroxylation is 1. The lowest BCUT2D eigenvalue weighted by molar-refractivity contribution is -0.122. The SMILES string of the molecule is CCN(CC(=O)NC(C)C)C(=O)c1ccoc1C. The zero-order valence-electron chi connectivity index (χ0n) is 11.3. The van der Waals surface area contributed by atoms with Crippen molar-refractivity contribution in [3.05, 3.63) is 23.7 Å². The van der Waals surface area contributed by atoms with Gasteiger partial charge in [-0.05, 0) is 33.8 Å². The maximum absolute atomic E-state index is 12.2. The van der Waals surface area contributed by atoms with Gasteiger partial charge in [-0.25, -0.2) is 0 Å². The number of rotatable bonds is 5. The van der Waals surface area contributed by atoms with Crippen LogP contribution in [0.25, 0.3) is 0 Å². The molecule has 0 aromatic carbocycles. The first-order valence-corrected chi connectivity index (χ1v) is 6.08. The zero-order valence-corrected chi connectivity index (χ0v) is 11.3. The normalized spacial score (nSPS) is 10.5. The Labute approximate surface area is 107 Å². The first kappa shape index (κ1) is 14.3. The molecule has 0 aliphatic rings. The number of carbonyl (C=O) groups is 2. The molecular weight excluding hydrogens is 232 g/mol. The van der Waals surface area contributed by atoms with Crippen LogP contribution in [0, 0.1) is 6.92 Å². The summed E-state index contributed by atoms with van der Waals surface area (Å²) in [6.07, 6.45) is 1.48. The molecule has 2 amide bonds. The molecular formula is C13H20N2O3. The lowest BCUT2D eigenvalue weighted by Gasteiger charge is -2.20. The highest BCUT2D eigenvalue weighted by Crippen LogP contribution is 2.11. The van der Waals surface area contributed by atoms with Gasteiger partial charge in [0.15, 0.2) is 0 Å². The fraction of sp³-hybridized carbons (Fsp3) is 0.538. The van der Waals surface area contributed by atoms with Crippen molar-refractivity contribution in [1.82, 2.24) is 10.2 Å². The molecule has 100 valence electrons. The van der Waals surface area contributed by atoms with Crippen molar-refractivity contribution in [3.8, 4) is 0 Å². The molecule has 0 atom stereocenters. The molecule has 0 aliphatic carbocycles. The van der Waals surface area contributed by atoms with Crippen molar-refractivity contribution in [2.45, 2.75) is 33.7 Å². The molecule has 18 heavy (non-hydrogen) atoms. The van der Waals surface area contributed by atoms with Crippen LogP contribution in [0.15, 0.2) is 16.7 Å². The van der Waals surface area contributed by atoms with Gasteiger partial charge in [-0.3, -0.25) is 9.59 Å². The van der Waals surface area contributed by atoms with Gasteiger partial charge in [0.1, 0.15) is 5.76 Å². The molecule has 0 saturated heterocycles. The average molecular weight is 252 g/mol. The summed E-state index contributed by atoms with van der Waals surface area (Å²) < 4.78 is 5.10. The van der Waals surface area contributed by atoms with Crippen LogP contribution >= 0.6 is 0 Å². The fourth-order valence-corrected chi connectivity index (χ4v) is 1.65. The van der Waals surface area contributed by atoms with Gasteiger partial charge in [-0.15, -0.1) is 0 Å². The van der Waals surface area contributed by atoms with Crippen LogP contribution in [0.5, 0.6) is 0 Å². The Kier molecular flexibility index (Phi) is 4.95. The minimum Gasteiger partial charge on any atom is -0.469 e. The van der Waals surface area contributed by atoms with E-state index in [2.05, 4.69) is 5.32 Å². The number of amides is 2. The lowest BCUT2D eigenvalue weighted by atomic mass is 10.2. The highest BCUT2D eigenvalue weighted by Gasteiger charge is 2.20. The standard InChI is InChI=1S/C13H20N2O3/c1-5-15(8-12(16)14-9(2)3)13(17)11-6-7-18-10(11)4/h6-7,9H,5,8H2,1-4H3,(H,14,16). The first-order valence-electron chi connectivity index (χ1n) is 6.08. The van der Waals surface area contributed by atoms with Crippen LogP contribution in [0.4, 0.5) is 0 Å². The number of hydrogen-bond donors (Lipinski definition) is 1. The summed E-state index contributed by atoms with van der Waals surface area (Å²) in [7, 11) is 0. The van der Waals surface area contributed by atoms with Crippen LogP contribution in [-0.4, -0.2) is 35.8 Å². The van der Waals surface area contributed by atoms with Crippen molar-refractivity contribution < 1.29 is 14.0 Å². The van der Waals surface area contributed by atoms with Crippen LogP contribution in [0.1, 0.15) is 36.9 Å². The molecule has 0 aliphatic heterocycles. The predicted octanol–water partition coefficient (Wildman–Crippen LogP) is 1.57. The number of carbonyl (C=O) groups excluding carboxylic acids is 2. The van der Waals surface area contributed by atoms with E-state index >= 15 is 0 Å². The minimum absolute atomic E-state index is 0.0676. The van der Waals surface area contributed by atoms with E-state index < -0.39 is 0 Å². The molecule has 0 saturated carbocycles. The van der Waals surface area contributed by atoms with Crippen molar-refractivity contribution in [3.63, 3.8) is 0 Å². The van der Waals surface area contributed by atoms with E-state index in [0.29, 0.717) is 17.9 Å². The molecule has 1 rings (SSSR count). The second-order valence-electron chi connectivity index (χ2n) is 4.43. The summed E-state index contributed by atoms with van der Waals surface area (Å²) in [4.78, 5) is 25.3. The van der Waals surface area contributed by atoms with E-state index in [1.807, 2.05) is 20.8 Å². The maximum atomic E-state index is 12.2. The van der Waals surface area contributed by atoms with Crippen molar-refractivity contribution in [1.29, 1.82) is 0 Å². The summed E-state index contributed by atoms with van der Waals surface area (Å²) in [5, 5.41) is 2.77. The van der Waals surface area contributed by atoms with Crippen molar-refractivity contribution >= 4 is 11.8 Å². The molecule has 5 heteroatoms. The Bertz CT molecular complexity index is 424. The quantitative estimate of drug-likeness (QED) is 0.865. The minimum atomic E-state index is -0.178. The van der Waals surface area contributed by atoms with E-state index in [-0.39, 0.29) is 24.4 Å². The van der Waals surface area contributed by atoms with Crippen LogP contribution in [-0.2, 0) is 4.79 Å². The number of furan rings is 1. The molecule has 0 spiro atoms. The van der Waals surface area contributed by atoms with E-state index in [4.69, 9.17) is 4.42 Å². The fourth-order valence-electron chi connectivity index (χ4n) is 1.65. The van der Waals surface area contributed by atoms with Crippen LogP contribution in [0.2, 0.25) is 0 Å². The largest absolute Gasteiger partial charge is 0.469 e. The van der Waals surface area contributed by atoms with Crippen LogP contribution in [0.3, 0.4) is 0 Å².